The number of benzene rings is 3. The number of para-hydroxylation sites is 1. The number of fused-ring (bicyclic) bond motifs is 1. The Bertz CT molecular complexity index is 1420. The predicted octanol–water partition coefficient (Wildman–Crippen LogP) is 5.29. The summed E-state index contributed by atoms with van der Waals surface area (Å²) in [6.07, 6.45) is 0. The van der Waals surface area contributed by atoms with Crippen LogP contribution in [0.25, 0.3) is 22.3 Å². The Morgan fingerprint density at radius 1 is 0.941 bits per heavy atom. The fourth-order valence-corrected chi connectivity index (χ4v) is 3.68. The lowest BCUT2D eigenvalue weighted by Gasteiger charge is -2.12. The van der Waals surface area contributed by atoms with Crippen molar-refractivity contribution >= 4 is 28.5 Å². The van der Waals surface area contributed by atoms with Gasteiger partial charge >= 0.3 is 0 Å². The number of hydrogen-bond acceptors (Lipinski definition) is 4. The van der Waals surface area contributed by atoms with Gasteiger partial charge in [0.1, 0.15) is 5.76 Å². The van der Waals surface area contributed by atoms with E-state index in [0.717, 1.165) is 11.1 Å². The molecule has 172 valence electrons. The zero-order valence-corrected chi connectivity index (χ0v) is 19.3. The van der Waals surface area contributed by atoms with Crippen molar-refractivity contribution in [3.63, 3.8) is 0 Å². The number of carbonyl (C=O) groups is 2. The summed E-state index contributed by atoms with van der Waals surface area (Å²) in [6.45, 7) is 5.63. The molecule has 0 aliphatic rings. The van der Waals surface area contributed by atoms with Gasteiger partial charge in [-0.1, -0.05) is 62.4 Å². The van der Waals surface area contributed by atoms with Crippen LogP contribution >= 0.6 is 0 Å². The van der Waals surface area contributed by atoms with Crippen molar-refractivity contribution in [1.29, 1.82) is 0 Å². The average molecular weight is 455 g/mol. The van der Waals surface area contributed by atoms with Gasteiger partial charge in [-0.15, -0.1) is 0 Å². The van der Waals surface area contributed by atoms with Crippen molar-refractivity contribution in [2.24, 2.45) is 5.92 Å². The molecule has 4 rings (SSSR count). The van der Waals surface area contributed by atoms with Gasteiger partial charge in [0.25, 0.3) is 5.91 Å². The highest BCUT2D eigenvalue weighted by Crippen LogP contribution is 2.27. The molecule has 0 spiro atoms. The van der Waals surface area contributed by atoms with Crippen LogP contribution in [-0.4, -0.2) is 11.8 Å². The van der Waals surface area contributed by atoms with Crippen LogP contribution in [0.1, 0.15) is 35.3 Å². The van der Waals surface area contributed by atoms with Crippen LogP contribution in [0.4, 0.5) is 5.69 Å². The Hall–Kier alpha value is -4.19. The standard InChI is InChI=1S/C28H26N2O4/c1-17(2)27(32)30-21-12-7-9-19(15-21)16-29-28(33)23-14-8-13-22-24(31)18(3)25(34-26(22)23)20-10-5-4-6-11-20/h4-15,17H,16H2,1-3H3,(H,29,33)(H,30,32). The smallest absolute Gasteiger partial charge is 0.255 e. The van der Waals surface area contributed by atoms with Crippen molar-refractivity contribution in [2.75, 3.05) is 5.32 Å². The summed E-state index contributed by atoms with van der Waals surface area (Å²) in [5.41, 5.74) is 3.15. The van der Waals surface area contributed by atoms with Crippen LogP contribution in [0.5, 0.6) is 0 Å². The predicted molar refractivity (Wildman–Crippen MR) is 134 cm³/mol. The number of hydrogen-bond donors (Lipinski definition) is 2. The largest absolute Gasteiger partial charge is 0.455 e. The monoisotopic (exact) mass is 454 g/mol. The summed E-state index contributed by atoms with van der Waals surface area (Å²) in [4.78, 5) is 38.1. The normalized spacial score (nSPS) is 10.9. The van der Waals surface area contributed by atoms with Crippen molar-refractivity contribution in [1.82, 2.24) is 5.32 Å². The molecule has 34 heavy (non-hydrogen) atoms. The van der Waals surface area contributed by atoms with Gasteiger partial charge in [0.15, 0.2) is 11.0 Å². The van der Waals surface area contributed by atoms with E-state index in [2.05, 4.69) is 10.6 Å². The fourth-order valence-electron chi connectivity index (χ4n) is 3.68. The molecule has 0 unspecified atom stereocenters. The molecule has 1 heterocycles. The SMILES string of the molecule is Cc1c(-c2ccccc2)oc2c(C(=O)NCc3cccc(NC(=O)C(C)C)c3)cccc2c1=O. The van der Waals surface area contributed by atoms with E-state index >= 15 is 0 Å². The van der Waals surface area contributed by atoms with Crippen LogP contribution < -0.4 is 16.1 Å². The van der Waals surface area contributed by atoms with E-state index in [9.17, 15) is 14.4 Å². The zero-order valence-electron chi connectivity index (χ0n) is 19.3. The summed E-state index contributed by atoms with van der Waals surface area (Å²) < 4.78 is 6.14. The van der Waals surface area contributed by atoms with E-state index in [-0.39, 0.29) is 40.9 Å². The average Bonchev–Trinajstić information content (AvgIpc) is 2.85. The Labute approximate surface area is 197 Å². The fraction of sp³-hybridized carbons (Fsp3) is 0.179. The molecule has 0 fully saturated rings. The molecule has 3 aromatic carbocycles. The van der Waals surface area contributed by atoms with Crippen molar-refractivity contribution in [3.8, 4) is 11.3 Å². The van der Waals surface area contributed by atoms with Crippen LogP contribution in [0.2, 0.25) is 0 Å². The van der Waals surface area contributed by atoms with Gasteiger partial charge in [0.2, 0.25) is 5.91 Å². The molecule has 1 aromatic heterocycles. The Morgan fingerprint density at radius 3 is 2.41 bits per heavy atom. The molecule has 0 aliphatic carbocycles. The van der Waals surface area contributed by atoms with Crippen molar-refractivity contribution < 1.29 is 14.0 Å². The first-order valence-electron chi connectivity index (χ1n) is 11.1. The number of carbonyl (C=O) groups excluding carboxylic acids is 2. The highest BCUT2D eigenvalue weighted by Gasteiger charge is 2.18. The van der Waals surface area contributed by atoms with Gasteiger partial charge in [-0.2, -0.15) is 0 Å². The number of nitrogens with one attached hydrogen (secondary N) is 2. The van der Waals surface area contributed by atoms with Gasteiger partial charge in [-0.25, -0.2) is 0 Å². The second kappa shape index (κ2) is 9.75. The summed E-state index contributed by atoms with van der Waals surface area (Å²) in [7, 11) is 0. The number of amides is 2. The van der Waals surface area contributed by atoms with E-state index in [1.807, 2.05) is 62.4 Å². The minimum atomic E-state index is -0.353. The molecule has 6 heteroatoms. The second-order valence-electron chi connectivity index (χ2n) is 8.46. The van der Waals surface area contributed by atoms with Crippen molar-refractivity contribution in [2.45, 2.75) is 27.3 Å². The molecule has 0 aliphatic heterocycles. The maximum Gasteiger partial charge on any atom is 0.255 e. The molecule has 2 amide bonds. The van der Waals surface area contributed by atoms with Crippen LogP contribution in [0, 0.1) is 12.8 Å². The van der Waals surface area contributed by atoms with Gasteiger partial charge in [-0.05, 0) is 36.8 Å². The maximum atomic E-state index is 13.1. The molecule has 0 radical (unpaired) electrons. The zero-order chi connectivity index (χ0) is 24.2. The summed E-state index contributed by atoms with van der Waals surface area (Å²) in [5, 5.41) is 6.11. The quantitative estimate of drug-likeness (QED) is 0.414. The van der Waals surface area contributed by atoms with Gasteiger partial charge in [0, 0.05) is 29.3 Å². The molecule has 0 atom stereocenters. The molecular weight excluding hydrogens is 428 g/mol. The van der Waals surface area contributed by atoms with E-state index < -0.39 is 0 Å². The van der Waals surface area contributed by atoms with E-state index in [4.69, 9.17) is 4.42 Å². The Balaban J connectivity index is 1.62. The molecular formula is C28H26N2O4. The van der Waals surface area contributed by atoms with Crippen LogP contribution in [0.3, 0.4) is 0 Å². The third kappa shape index (κ3) is 4.76. The summed E-state index contributed by atoms with van der Waals surface area (Å²) >= 11 is 0. The van der Waals surface area contributed by atoms with E-state index in [1.54, 1.807) is 31.2 Å². The molecule has 0 saturated heterocycles. The maximum absolute atomic E-state index is 13.1. The first-order valence-corrected chi connectivity index (χ1v) is 11.1. The first-order chi connectivity index (χ1) is 16.3. The van der Waals surface area contributed by atoms with Crippen LogP contribution in [0.15, 0.2) is 82.0 Å². The van der Waals surface area contributed by atoms with E-state index in [1.165, 1.54) is 0 Å². The topological polar surface area (TPSA) is 88.4 Å². The first kappa shape index (κ1) is 23.0. The highest BCUT2D eigenvalue weighted by molar-refractivity contribution is 6.05. The summed E-state index contributed by atoms with van der Waals surface area (Å²) in [6, 6.07) is 21.7. The highest BCUT2D eigenvalue weighted by atomic mass is 16.3. The van der Waals surface area contributed by atoms with E-state index in [0.29, 0.717) is 22.4 Å². The van der Waals surface area contributed by atoms with Crippen LogP contribution in [-0.2, 0) is 11.3 Å². The lowest BCUT2D eigenvalue weighted by atomic mass is 10.0. The Morgan fingerprint density at radius 2 is 1.68 bits per heavy atom. The van der Waals surface area contributed by atoms with Gasteiger partial charge < -0.3 is 15.1 Å². The molecule has 4 aromatic rings. The van der Waals surface area contributed by atoms with Gasteiger partial charge in [-0.3, -0.25) is 14.4 Å². The lowest BCUT2D eigenvalue weighted by Crippen LogP contribution is -2.24. The van der Waals surface area contributed by atoms with Gasteiger partial charge in [0.05, 0.1) is 10.9 Å². The molecule has 6 nitrogen and oxygen atoms in total. The Kier molecular flexibility index (Phi) is 6.59. The summed E-state index contributed by atoms with van der Waals surface area (Å²) in [5.74, 6) is -0.106. The van der Waals surface area contributed by atoms with Crippen molar-refractivity contribution in [3.05, 3.63) is 99.7 Å². The molecule has 0 bridgehead atoms. The third-order valence-electron chi connectivity index (χ3n) is 5.60. The minimum absolute atomic E-state index is 0.0727. The minimum Gasteiger partial charge on any atom is -0.455 e. The molecule has 2 N–H and O–H groups in total. The number of anilines is 1. The molecule has 0 saturated carbocycles. The lowest BCUT2D eigenvalue weighted by molar-refractivity contribution is -0.118. The number of rotatable bonds is 6. The third-order valence-corrected chi connectivity index (χ3v) is 5.60. The second-order valence-corrected chi connectivity index (χ2v) is 8.46.